The van der Waals surface area contributed by atoms with Crippen molar-refractivity contribution in [3.05, 3.63) is 29.8 Å². The number of hydrogen-bond donors (Lipinski definition) is 1. The molecular formula is C13H16N2O3. The third-order valence-corrected chi connectivity index (χ3v) is 3.54. The SMILES string of the molecule is NC(=O)N1CCC2(Cc3ccccc31)OCCO2. The van der Waals surface area contributed by atoms with Crippen LogP contribution < -0.4 is 10.6 Å². The maximum atomic E-state index is 11.5. The first-order valence-electron chi connectivity index (χ1n) is 6.13. The Hall–Kier alpha value is -1.59. The van der Waals surface area contributed by atoms with E-state index in [4.69, 9.17) is 15.2 Å². The fourth-order valence-corrected chi connectivity index (χ4v) is 2.68. The molecule has 2 aliphatic heterocycles. The summed E-state index contributed by atoms with van der Waals surface area (Å²) in [4.78, 5) is 13.1. The lowest BCUT2D eigenvalue weighted by Crippen LogP contribution is -2.39. The van der Waals surface area contributed by atoms with Crippen molar-refractivity contribution in [2.24, 2.45) is 5.73 Å². The molecule has 1 aromatic carbocycles. The van der Waals surface area contributed by atoms with Crippen LogP contribution in [0.5, 0.6) is 0 Å². The fraction of sp³-hybridized carbons (Fsp3) is 0.462. The molecule has 0 unspecified atom stereocenters. The molecular weight excluding hydrogens is 232 g/mol. The molecule has 2 aliphatic rings. The van der Waals surface area contributed by atoms with Gasteiger partial charge in [-0.3, -0.25) is 4.90 Å². The molecule has 96 valence electrons. The number of amides is 2. The van der Waals surface area contributed by atoms with Gasteiger partial charge >= 0.3 is 6.03 Å². The Morgan fingerprint density at radius 3 is 2.72 bits per heavy atom. The number of primary amides is 1. The van der Waals surface area contributed by atoms with Crippen LogP contribution >= 0.6 is 0 Å². The number of fused-ring (bicyclic) bond motifs is 1. The minimum absolute atomic E-state index is 0.433. The van der Waals surface area contributed by atoms with Crippen LogP contribution in [0.4, 0.5) is 10.5 Å². The van der Waals surface area contributed by atoms with Crippen LogP contribution in [0.3, 0.4) is 0 Å². The Balaban J connectivity index is 2.00. The quantitative estimate of drug-likeness (QED) is 0.751. The molecule has 0 bridgehead atoms. The number of nitrogens with zero attached hydrogens (tertiary/aromatic N) is 1. The van der Waals surface area contributed by atoms with E-state index in [1.54, 1.807) is 4.90 Å². The molecule has 1 saturated heterocycles. The number of anilines is 1. The molecule has 1 spiro atoms. The first-order chi connectivity index (χ1) is 8.70. The van der Waals surface area contributed by atoms with Crippen molar-refractivity contribution in [1.82, 2.24) is 0 Å². The molecule has 0 saturated carbocycles. The maximum Gasteiger partial charge on any atom is 0.319 e. The minimum Gasteiger partial charge on any atom is -0.351 e. The van der Waals surface area contributed by atoms with Crippen LogP contribution in [0, 0.1) is 0 Å². The Morgan fingerprint density at radius 2 is 2.00 bits per heavy atom. The fourth-order valence-electron chi connectivity index (χ4n) is 2.68. The van der Waals surface area contributed by atoms with Crippen LogP contribution in [0.2, 0.25) is 0 Å². The molecule has 0 atom stereocenters. The lowest BCUT2D eigenvalue weighted by atomic mass is 10.0. The molecule has 3 rings (SSSR count). The van der Waals surface area contributed by atoms with E-state index in [-0.39, 0.29) is 0 Å². The van der Waals surface area contributed by atoms with Crippen molar-refractivity contribution < 1.29 is 14.3 Å². The number of benzene rings is 1. The van der Waals surface area contributed by atoms with Gasteiger partial charge in [0.1, 0.15) is 0 Å². The topological polar surface area (TPSA) is 64.8 Å². The molecule has 2 N–H and O–H groups in total. The van der Waals surface area contributed by atoms with Gasteiger partial charge in [-0.25, -0.2) is 4.79 Å². The summed E-state index contributed by atoms with van der Waals surface area (Å²) in [5, 5.41) is 0. The zero-order valence-corrected chi connectivity index (χ0v) is 10.1. The standard InChI is InChI=1S/C13H16N2O3/c14-12(16)15-6-5-13(17-7-8-18-13)9-10-3-1-2-4-11(10)15/h1-4H,5-9H2,(H2,14,16). The van der Waals surface area contributed by atoms with Crippen molar-refractivity contribution in [1.29, 1.82) is 0 Å². The normalized spacial score (nSPS) is 21.7. The van der Waals surface area contributed by atoms with Gasteiger partial charge in [0.05, 0.1) is 13.2 Å². The van der Waals surface area contributed by atoms with Crippen molar-refractivity contribution >= 4 is 11.7 Å². The third kappa shape index (κ3) is 1.85. The number of ether oxygens (including phenoxy) is 2. The number of carbonyl (C=O) groups is 1. The van der Waals surface area contributed by atoms with E-state index >= 15 is 0 Å². The van der Waals surface area contributed by atoms with E-state index in [9.17, 15) is 4.79 Å². The average molecular weight is 248 g/mol. The molecule has 0 radical (unpaired) electrons. The van der Waals surface area contributed by atoms with Gasteiger partial charge in [0, 0.05) is 25.1 Å². The highest BCUT2D eigenvalue weighted by atomic mass is 16.7. The summed E-state index contributed by atoms with van der Waals surface area (Å²) in [5.41, 5.74) is 7.34. The van der Waals surface area contributed by atoms with Crippen molar-refractivity contribution in [2.45, 2.75) is 18.6 Å². The molecule has 2 amide bonds. The van der Waals surface area contributed by atoms with E-state index in [1.165, 1.54) is 0 Å². The van der Waals surface area contributed by atoms with Crippen LogP contribution in [0.15, 0.2) is 24.3 Å². The molecule has 5 heteroatoms. The number of urea groups is 1. The molecule has 5 nitrogen and oxygen atoms in total. The van der Waals surface area contributed by atoms with Gasteiger partial charge < -0.3 is 15.2 Å². The Bertz CT molecular complexity index is 469. The van der Waals surface area contributed by atoms with Gasteiger partial charge in [0.25, 0.3) is 0 Å². The molecule has 2 heterocycles. The number of rotatable bonds is 0. The summed E-state index contributed by atoms with van der Waals surface area (Å²) < 4.78 is 11.5. The second kappa shape index (κ2) is 4.26. The predicted molar refractivity (Wildman–Crippen MR) is 66.3 cm³/mol. The smallest absolute Gasteiger partial charge is 0.319 e. The average Bonchev–Trinajstić information content (AvgIpc) is 2.72. The van der Waals surface area contributed by atoms with Gasteiger partial charge in [-0.2, -0.15) is 0 Å². The monoisotopic (exact) mass is 248 g/mol. The van der Waals surface area contributed by atoms with E-state index < -0.39 is 11.8 Å². The molecule has 0 aromatic heterocycles. The summed E-state index contributed by atoms with van der Waals surface area (Å²) in [7, 11) is 0. The van der Waals surface area contributed by atoms with Crippen LogP contribution in [-0.4, -0.2) is 31.6 Å². The number of nitrogens with two attached hydrogens (primary N) is 1. The summed E-state index contributed by atoms with van der Waals surface area (Å²) in [6, 6.07) is 7.32. The van der Waals surface area contributed by atoms with Gasteiger partial charge in [0.2, 0.25) is 0 Å². The summed E-state index contributed by atoms with van der Waals surface area (Å²) in [6.07, 6.45) is 1.30. The van der Waals surface area contributed by atoms with Gasteiger partial charge in [-0.15, -0.1) is 0 Å². The molecule has 0 aliphatic carbocycles. The molecule has 1 fully saturated rings. The minimum atomic E-state index is -0.583. The highest BCUT2D eigenvalue weighted by Crippen LogP contribution is 2.35. The van der Waals surface area contributed by atoms with E-state index in [2.05, 4.69) is 0 Å². The lowest BCUT2D eigenvalue weighted by Gasteiger charge is -2.25. The lowest BCUT2D eigenvalue weighted by molar-refractivity contribution is -0.157. The van der Waals surface area contributed by atoms with E-state index in [1.807, 2.05) is 24.3 Å². The second-order valence-corrected chi connectivity index (χ2v) is 4.65. The van der Waals surface area contributed by atoms with Gasteiger partial charge in [-0.1, -0.05) is 18.2 Å². The molecule has 18 heavy (non-hydrogen) atoms. The second-order valence-electron chi connectivity index (χ2n) is 4.65. The zero-order valence-electron chi connectivity index (χ0n) is 10.1. The maximum absolute atomic E-state index is 11.5. The number of hydrogen-bond acceptors (Lipinski definition) is 3. The van der Waals surface area contributed by atoms with Crippen LogP contribution in [0.25, 0.3) is 0 Å². The van der Waals surface area contributed by atoms with Crippen molar-refractivity contribution in [2.75, 3.05) is 24.7 Å². The first-order valence-corrected chi connectivity index (χ1v) is 6.13. The first kappa shape index (κ1) is 11.5. The summed E-state index contributed by atoms with van der Waals surface area (Å²) >= 11 is 0. The highest BCUT2D eigenvalue weighted by molar-refractivity contribution is 5.91. The number of para-hydroxylation sites is 1. The van der Waals surface area contributed by atoms with Gasteiger partial charge in [-0.05, 0) is 11.6 Å². The summed E-state index contributed by atoms with van der Waals surface area (Å²) in [5.74, 6) is -0.583. The van der Waals surface area contributed by atoms with Crippen molar-refractivity contribution in [3.8, 4) is 0 Å². The largest absolute Gasteiger partial charge is 0.351 e. The van der Waals surface area contributed by atoms with E-state index in [0.29, 0.717) is 32.6 Å². The van der Waals surface area contributed by atoms with E-state index in [0.717, 1.165) is 11.3 Å². The number of carbonyl (C=O) groups excluding carboxylic acids is 1. The highest BCUT2D eigenvalue weighted by Gasteiger charge is 2.40. The Kier molecular flexibility index (Phi) is 2.72. The van der Waals surface area contributed by atoms with Gasteiger partial charge in [0.15, 0.2) is 5.79 Å². The summed E-state index contributed by atoms with van der Waals surface area (Å²) in [6.45, 7) is 1.74. The third-order valence-electron chi connectivity index (χ3n) is 3.54. The van der Waals surface area contributed by atoms with Crippen molar-refractivity contribution in [3.63, 3.8) is 0 Å². The van der Waals surface area contributed by atoms with Crippen LogP contribution in [-0.2, 0) is 15.9 Å². The van der Waals surface area contributed by atoms with Crippen LogP contribution in [0.1, 0.15) is 12.0 Å². The molecule has 1 aromatic rings. The zero-order chi connectivity index (χ0) is 12.6. The Labute approximate surface area is 105 Å². The predicted octanol–water partition coefficient (Wildman–Crippen LogP) is 1.26. The Morgan fingerprint density at radius 1 is 1.28 bits per heavy atom.